The largest absolute Gasteiger partial charge is 0.311 e. The number of aromatic nitrogens is 1. The Morgan fingerprint density at radius 1 is 1.21 bits per heavy atom. The molecule has 0 aliphatic heterocycles. The van der Waals surface area contributed by atoms with E-state index in [-0.39, 0.29) is 0 Å². The van der Waals surface area contributed by atoms with Crippen LogP contribution in [0.4, 0.5) is 0 Å². The summed E-state index contributed by atoms with van der Waals surface area (Å²) in [6, 6.07) is 8.90. The summed E-state index contributed by atoms with van der Waals surface area (Å²) in [6.45, 7) is 2.06. The van der Waals surface area contributed by atoms with E-state index < -0.39 is 0 Å². The molecule has 0 bridgehead atoms. The van der Waals surface area contributed by atoms with Crippen molar-refractivity contribution >= 4 is 32.8 Å². The molecule has 4 heteroatoms. The summed E-state index contributed by atoms with van der Waals surface area (Å²) in [5.74, 6) is 0. The maximum atomic E-state index is 4.60. The van der Waals surface area contributed by atoms with E-state index in [9.17, 15) is 0 Å². The first-order valence-corrected chi connectivity index (χ1v) is 8.08. The fourth-order valence-corrected chi connectivity index (χ4v) is 3.95. The predicted molar refractivity (Wildman–Crippen MR) is 84.2 cm³/mol. The molecule has 2 heterocycles. The van der Waals surface area contributed by atoms with Gasteiger partial charge in [-0.15, -0.1) is 22.7 Å². The quantitative estimate of drug-likeness (QED) is 0.779. The molecule has 1 unspecified atom stereocenters. The number of benzene rings is 1. The number of rotatable bonds is 4. The topological polar surface area (TPSA) is 24.9 Å². The van der Waals surface area contributed by atoms with E-state index in [0.717, 1.165) is 17.1 Å². The van der Waals surface area contributed by atoms with Crippen molar-refractivity contribution in [3.05, 3.63) is 51.3 Å². The third-order valence-electron chi connectivity index (χ3n) is 3.33. The van der Waals surface area contributed by atoms with Crippen molar-refractivity contribution in [3.63, 3.8) is 0 Å². The number of nitrogens with one attached hydrogen (secondary N) is 1. The lowest BCUT2D eigenvalue weighted by Gasteiger charge is -2.13. The second-order valence-electron chi connectivity index (χ2n) is 4.59. The first kappa shape index (κ1) is 12.8. The predicted octanol–water partition coefficient (Wildman–Crippen LogP) is 4.17. The highest BCUT2D eigenvalue weighted by atomic mass is 32.1. The molecule has 2 nitrogen and oxygen atoms in total. The molecule has 0 aliphatic carbocycles. The molecule has 3 aromatic rings. The SMILES string of the molecule is CNC(Cc1csc2ccccc12)c1csc(C)n1. The van der Waals surface area contributed by atoms with Gasteiger partial charge in [0.2, 0.25) is 0 Å². The average Bonchev–Trinajstić information content (AvgIpc) is 3.03. The Hall–Kier alpha value is -1.23. The van der Waals surface area contributed by atoms with Crippen molar-refractivity contribution in [1.29, 1.82) is 0 Å². The molecule has 19 heavy (non-hydrogen) atoms. The molecule has 0 saturated carbocycles. The third kappa shape index (κ3) is 2.56. The number of thiazole rings is 1. The summed E-state index contributed by atoms with van der Waals surface area (Å²) in [5.41, 5.74) is 2.56. The molecule has 1 N–H and O–H groups in total. The monoisotopic (exact) mass is 288 g/mol. The summed E-state index contributed by atoms with van der Waals surface area (Å²) >= 11 is 3.54. The zero-order valence-electron chi connectivity index (χ0n) is 11.0. The number of fused-ring (bicyclic) bond motifs is 1. The molecular weight excluding hydrogens is 272 g/mol. The first-order chi connectivity index (χ1) is 9.28. The van der Waals surface area contributed by atoms with Crippen LogP contribution in [0, 0.1) is 6.92 Å². The molecule has 98 valence electrons. The van der Waals surface area contributed by atoms with Crippen LogP contribution < -0.4 is 5.32 Å². The molecule has 0 amide bonds. The van der Waals surface area contributed by atoms with Gasteiger partial charge in [-0.3, -0.25) is 0 Å². The summed E-state index contributed by atoms with van der Waals surface area (Å²) in [6.07, 6.45) is 0.990. The minimum absolute atomic E-state index is 0.294. The maximum absolute atomic E-state index is 4.60. The summed E-state index contributed by atoms with van der Waals surface area (Å²) in [4.78, 5) is 4.60. The van der Waals surface area contributed by atoms with Crippen molar-refractivity contribution in [2.24, 2.45) is 0 Å². The summed E-state index contributed by atoms with van der Waals surface area (Å²) < 4.78 is 1.36. The van der Waals surface area contributed by atoms with Crippen LogP contribution in [-0.4, -0.2) is 12.0 Å². The van der Waals surface area contributed by atoms with Crippen molar-refractivity contribution in [2.75, 3.05) is 7.05 Å². The van der Waals surface area contributed by atoms with Crippen molar-refractivity contribution in [2.45, 2.75) is 19.4 Å². The van der Waals surface area contributed by atoms with Gasteiger partial charge in [0.15, 0.2) is 0 Å². The van der Waals surface area contributed by atoms with Crippen LogP contribution in [0.3, 0.4) is 0 Å². The lowest BCUT2D eigenvalue weighted by atomic mass is 10.0. The van der Waals surface area contributed by atoms with E-state index in [2.05, 4.69) is 52.3 Å². The molecule has 1 aromatic carbocycles. The minimum atomic E-state index is 0.294. The van der Waals surface area contributed by atoms with Crippen molar-refractivity contribution in [1.82, 2.24) is 10.3 Å². The van der Waals surface area contributed by atoms with Gasteiger partial charge in [-0.05, 0) is 42.8 Å². The van der Waals surface area contributed by atoms with Gasteiger partial charge in [0, 0.05) is 10.1 Å². The fourth-order valence-electron chi connectivity index (χ4n) is 2.31. The third-order valence-corrected chi connectivity index (χ3v) is 5.13. The van der Waals surface area contributed by atoms with E-state index in [0.29, 0.717) is 6.04 Å². The molecule has 0 aliphatic rings. The van der Waals surface area contributed by atoms with Crippen LogP contribution >= 0.6 is 22.7 Å². The van der Waals surface area contributed by atoms with E-state index in [4.69, 9.17) is 0 Å². The highest BCUT2D eigenvalue weighted by molar-refractivity contribution is 7.17. The van der Waals surface area contributed by atoms with Gasteiger partial charge in [-0.2, -0.15) is 0 Å². The van der Waals surface area contributed by atoms with Gasteiger partial charge >= 0.3 is 0 Å². The molecule has 0 spiro atoms. The maximum Gasteiger partial charge on any atom is 0.0898 e. The number of aryl methyl sites for hydroxylation is 1. The lowest BCUT2D eigenvalue weighted by molar-refractivity contribution is 0.580. The Morgan fingerprint density at radius 3 is 2.79 bits per heavy atom. The Kier molecular flexibility index (Phi) is 3.64. The number of hydrogen-bond acceptors (Lipinski definition) is 4. The molecule has 0 radical (unpaired) electrons. The molecule has 0 saturated heterocycles. The van der Waals surface area contributed by atoms with Crippen molar-refractivity contribution < 1.29 is 0 Å². The van der Waals surface area contributed by atoms with E-state index in [1.807, 2.05) is 18.4 Å². The molecule has 2 aromatic heterocycles. The van der Waals surface area contributed by atoms with Gasteiger partial charge in [0.25, 0.3) is 0 Å². The van der Waals surface area contributed by atoms with Gasteiger partial charge < -0.3 is 5.32 Å². The molecule has 1 atom stereocenters. The molecular formula is C15H16N2S2. The van der Waals surface area contributed by atoms with Crippen LogP contribution in [0.2, 0.25) is 0 Å². The van der Waals surface area contributed by atoms with E-state index in [1.54, 1.807) is 11.3 Å². The first-order valence-electron chi connectivity index (χ1n) is 6.32. The van der Waals surface area contributed by atoms with Gasteiger partial charge in [0.1, 0.15) is 0 Å². The second-order valence-corrected chi connectivity index (χ2v) is 6.57. The lowest BCUT2D eigenvalue weighted by Crippen LogP contribution is -2.19. The van der Waals surface area contributed by atoms with Gasteiger partial charge in [0.05, 0.1) is 16.7 Å². The van der Waals surface area contributed by atoms with Gasteiger partial charge in [-0.1, -0.05) is 18.2 Å². The average molecular weight is 288 g/mol. The highest BCUT2D eigenvalue weighted by Gasteiger charge is 2.15. The van der Waals surface area contributed by atoms with Crippen LogP contribution in [-0.2, 0) is 6.42 Å². The van der Waals surface area contributed by atoms with Crippen LogP contribution in [0.1, 0.15) is 22.3 Å². The van der Waals surface area contributed by atoms with E-state index >= 15 is 0 Å². The Balaban J connectivity index is 1.90. The number of thiophene rings is 1. The Bertz CT molecular complexity index is 684. The van der Waals surface area contributed by atoms with Crippen LogP contribution in [0.5, 0.6) is 0 Å². The number of likely N-dealkylation sites (N-methyl/N-ethyl adjacent to an activating group) is 1. The minimum Gasteiger partial charge on any atom is -0.311 e. The van der Waals surface area contributed by atoms with Crippen LogP contribution in [0.25, 0.3) is 10.1 Å². The smallest absolute Gasteiger partial charge is 0.0898 e. The van der Waals surface area contributed by atoms with Crippen molar-refractivity contribution in [3.8, 4) is 0 Å². The van der Waals surface area contributed by atoms with Gasteiger partial charge in [-0.25, -0.2) is 4.98 Å². The van der Waals surface area contributed by atoms with Crippen LogP contribution in [0.15, 0.2) is 35.0 Å². The fraction of sp³-hybridized carbons (Fsp3) is 0.267. The van der Waals surface area contributed by atoms with E-state index in [1.165, 1.54) is 15.6 Å². The second kappa shape index (κ2) is 5.41. The zero-order valence-corrected chi connectivity index (χ0v) is 12.6. The normalized spacial score (nSPS) is 12.9. The standard InChI is InChI=1S/C15H16N2S2/c1-10-17-14(9-18-10)13(16-2)7-11-8-19-15-6-4-3-5-12(11)15/h3-6,8-9,13,16H,7H2,1-2H3. The Labute approximate surface area is 121 Å². The molecule has 0 fully saturated rings. The number of nitrogens with zero attached hydrogens (tertiary/aromatic N) is 1. The summed E-state index contributed by atoms with van der Waals surface area (Å²) in [5, 5.41) is 10.3. The Morgan fingerprint density at radius 2 is 2.05 bits per heavy atom. The number of hydrogen-bond donors (Lipinski definition) is 1. The summed E-state index contributed by atoms with van der Waals surface area (Å²) in [7, 11) is 2.01. The zero-order chi connectivity index (χ0) is 13.2. The molecule has 3 rings (SSSR count). The highest BCUT2D eigenvalue weighted by Crippen LogP contribution is 2.29.